The highest BCUT2D eigenvalue weighted by molar-refractivity contribution is 5.90. The molecule has 5 nitrogen and oxygen atoms in total. The average Bonchev–Trinajstić information content (AvgIpc) is 3.10. The van der Waals surface area contributed by atoms with Crippen LogP contribution >= 0.6 is 0 Å². The molecule has 0 N–H and O–H groups in total. The van der Waals surface area contributed by atoms with Gasteiger partial charge in [-0.25, -0.2) is 0 Å². The molecule has 0 atom stereocenters. The van der Waals surface area contributed by atoms with E-state index in [1.165, 1.54) is 37.7 Å². The maximum atomic E-state index is 13.1. The average molecular weight is 368 g/mol. The minimum atomic E-state index is -0.426. The first-order chi connectivity index (χ1) is 13.0. The van der Waals surface area contributed by atoms with E-state index in [0.717, 1.165) is 29.9 Å². The summed E-state index contributed by atoms with van der Waals surface area (Å²) in [6.45, 7) is 5.17. The van der Waals surface area contributed by atoms with Crippen LogP contribution in [-0.2, 0) is 11.3 Å². The second-order valence-corrected chi connectivity index (χ2v) is 9.88. The molecule has 0 aromatic heterocycles. The first-order valence-corrected chi connectivity index (χ1v) is 10.5. The summed E-state index contributed by atoms with van der Waals surface area (Å²) in [5, 5.41) is 4.48. The fraction of sp³-hybridized carbons (Fsp3) is 0.682. The monoisotopic (exact) mass is 368 g/mol. The number of fused-ring (bicyclic) bond motifs is 1. The second-order valence-electron chi connectivity index (χ2n) is 9.88. The van der Waals surface area contributed by atoms with Crippen LogP contribution in [0.5, 0.6) is 11.5 Å². The van der Waals surface area contributed by atoms with Crippen LogP contribution < -0.4 is 9.47 Å². The number of amides is 1. The number of rotatable bonds is 3. The lowest BCUT2D eigenvalue weighted by molar-refractivity contribution is -0.251. The van der Waals surface area contributed by atoms with Crippen molar-refractivity contribution in [3.05, 3.63) is 23.8 Å². The van der Waals surface area contributed by atoms with Crippen LogP contribution in [0.25, 0.3) is 0 Å². The number of hydrogen-bond acceptors (Lipinski definition) is 4. The summed E-state index contributed by atoms with van der Waals surface area (Å²) in [5.41, 5.74) is 0.749. The summed E-state index contributed by atoms with van der Waals surface area (Å²) >= 11 is 0. The van der Waals surface area contributed by atoms with Crippen LogP contribution in [0.3, 0.4) is 0 Å². The fourth-order valence-electron chi connectivity index (χ4n) is 6.80. The Balaban J connectivity index is 1.28. The molecule has 5 fully saturated rings. The van der Waals surface area contributed by atoms with Crippen LogP contribution in [0.2, 0.25) is 0 Å². The Morgan fingerprint density at radius 3 is 2.37 bits per heavy atom. The molecular formula is C22H28N2O3. The first kappa shape index (κ1) is 16.2. The zero-order valence-electron chi connectivity index (χ0n) is 16.2. The van der Waals surface area contributed by atoms with Crippen molar-refractivity contribution in [2.24, 2.45) is 23.7 Å². The molecule has 1 amide bonds. The molecule has 1 aromatic rings. The Kier molecular flexibility index (Phi) is 3.25. The molecule has 27 heavy (non-hydrogen) atoms. The van der Waals surface area contributed by atoms with Crippen molar-refractivity contribution in [2.75, 3.05) is 6.79 Å². The van der Waals surface area contributed by atoms with E-state index in [2.05, 4.69) is 36.0 Å². The lowest BCUT2D eigenvalue weighted by atomic mass is 9.53. The van der Waals surface area contributed by atoms with E-state index in [-0.39, 0.29) is 0 Å². The highest BCUT2D eigenvalue weighted by Gasteiger charge is 2.60. The predicted molar refractivity (Wildman–Crippen MR) is 99.9 cm³/mol. The van der Waals surface area contributed by atoms with Gasteiger partial charge in [0.25, 0.3) is 5.91 Å². The van der Waals surface area contributed by atoms with Crippen LogP contribution in [0, 0.1) is 23.7 Å². The third-order valence-electron chi connectivity index (χ3n) is 7.87. The van der Waals surface area contributed by atoms with E-state index >= 15 is 0 Å². The van der Waals surface area contributed by atoms with E-state index in [1.54, 1.807) is 0 Å². The summed E-state index contributed by atoms with van der Waals surface area (Å²) in [6.07, 6.45) is 6.78. The maximum Gasteiger partial charge on any atom is 0.258 e. The first-order valence-electron chi connectivity index (χ1n) is 10.5. The highest BCUT2D eigenvalue weighted by atomic mass is 16.7. The third kappa shape index (κ3) is 2.24. The molecule has 2 heterocycles. The smallest absolute Gasteiger partial charge is 0.258 e. The third-order valence-corrected chi connectivity index (χ3v) is 7.87. The molecule has 144 valence electrons. The Bertz CT molecular complexity index is 777. The van der Waals surface area contributed by atoms with Gasteiger partial charge in [0.1, 0.15) is 5.54 Å². The number of ether oxygens (including phenoxy) is 2. The van der Waals surface area contributed by atoms with Gasteiger partial charge in [-0.3, -0.25) is 9.80 Å². The summed E-state index contributed by atoms with van der Waals surface area (Å²) in [4.78, 5) is 13.1. The van der Waals surface area contributed by atoms with Crippen LogP contribution in [0.15, 0.2) is 18.2 Å². The van der Waals surface area contributed by atoms with E-state index < -0.39 is 5.54 Å². The SMILES string of the molecule is CC1(C)C(=O)N(C2C3CC4CC(C3)CC2C4)N1Cc1ccc2c(c1)OCO2. The maximum absolute atomic E-state index is 13.1. The number of hydrogen-bond donors (Lipinski definition) is 0. The summed E-state index contributed by atoms with van der Waals surface area (Å²) in [5.74, 6) is 5.21. The molecular weight excluding hydrogens is 340 g/mol. The number of hydrazine groups is 1. The Morgan fingerprint density at radius 2 is 1.67 bits per heavy atom. The van der Waals surface area contributed by atoms with Crippen LogP contribution in [0.4, 0.5) is 0 Å². The predicted octanol–water partition coefficient (Wildman–Crippen LogP) is 3.58. The van der Waals surface area contributed by atoms with Crippen molar-refractivity contribution in [3.63, 3.8) is 0 Å². The van der Waals surface area contributed by atoms with Crippen LogP contribution in [-0.4, -0.2) is 34.3 Å². The van der Waals surface area contributed by atoms with Crippen molar-refractivity contribution in [1.29, 1.82) is 0 Å². The van der Waals surface area contributed by atoms with Crippen molar-refractivity contribution < 1.29 is 14.3 Å². The lowest BCUT2D eigenvalue weighted by Gasteiger charge is -2.65. The van der Waals surface area contributed by atoms with Crippen molar-refractivity contribution in [1.82, 2.24) is 10.0 Å². The molecule has 1 saturated heterocycles. The van der Waals surface area contributed by atoms with E-state index in [9.17, 15) is 4.79 Å². The molecule has 6 aliphatic rings. The summed E-state index contributed by atoms with van der Waals surface area (Å²) in [7, 11) is 0. The lowest BCUT2D eigenvalue weighted by Crippen LogP contribution is -2.79. The van der Waals surface area contributed by atoms with Gasteiger partial charge in [0, 0.05) is 6.54 Å². The number of carbonyl (C=O) groups excluding carboxylic acids is 1. The van der Waals surface area contributed by atoms with Gasteiger partial charge in [0.2, 0.25) is 6.79 Å². The van der Waals surface area contributed by atoms with Gasteiger partial charge in [-0.15, -0.1) is 0 Å². The second kappa shape index (κ2) is 5.40. The molecule has 7 rings (SSSR count). The van der Waals surface area contributed by atoms with Crippen molar-refractivity contribution >= 4 is 5.91 Å². The molecule has 4 saturated carbocycles. The number of benzene rings is 1. The summed E-state index contributed by atoms with van der Waals surface area (Å²) < 4.78 is 11.0. The molecule has 0 spiro atoms. The quantitative estimate of drug-likeness (QED) is 0.818. The van der Waals surface area contributed by atoms with E-state index in [1.807, 2.05) is 6.07 Å². The van der Waals surface area contributed by atoms with Gasteiger partial charge < -0.3 is 9.47 Å². The van der Waals surface area contributed by atoms with Gasteiger partial charge in [-0.1, -0.05) is 6.07 Å². The molecule has 0 radical (unpaired) electrons. The minimum absolute atomic E-state index is 0.298. The molecule has 1 aromatic carbocycles. The molecule has 5 heteroatoms. The standard InChI is InChI=1S/C22H28N2O3/c1-22(2)21(25)24(20-16-6-14-5-15(8-16)9-17(20)7-14)23(22)11-13-3-4-18-19(10-13)27-12-26-18/h3-4,10,14-17,20H,5-9,11-12H2,1-2H3. The summed E-state index contributed by atoms with van der Waals surface area (Å²) in [6, 6.07) is 6.57. The zero-order valence-corrected chi connectivity index (χ0v) is 16.2. The fourth-order valence-corrected chi connectivity index (χ4v) is 6.80. The molecule has 2 aliphatic heterocycles. The van der Waals surface area contributed by atoms with E-state index in [0.29, 0.717) is 30.6 Å². The van der Waals surface area contributed by atoms with Crippen molar-refractivity contribution in [2.45, 2.75) is 64.1 Å². The zero-order chi connectivity index (χ0) is 18.3. The topological polar surface area (TPSA) is 42.0 Å². The van der Waals surface area contributed by atoms with Gasteiger partial charge in [-0.2, -0.15) is 5.01 Å². The molecule has 4 aliphatic carbocycles. The molecule has 4 bridgehead atoms. The largest absolute Gasteiger partial charge is 0.454 e. The normalized spacial score (nSPS) is 38.4. The van der Waals surface area contributed by atoms with Crippen LogP contribution in [0.1, 0.15) is 51.5 Å². The van der Waals surface area contributed by atoms with Gasteiger partial charge >= 0.3 is 0 Å². The highest BCUT2D eigenvalue weighted by Crippen LogP contribution is 2.57. The Morgan fingerprint density at radius 1 is 1.00 bits per heavy atom. The van der Waals surface area contributed by atoms with Gasteiger partial charge in [0.05, 0.1) is 6.04 Å². The van der Waals surface area contributed by atoms with Crippen molar-refractivity contribution in [3.8, 4) is 11.5 Å². The Hall–Kier alpha value is -1.75. The number of nitrogens with zero attached hydrogens (tertiary/aromatic N) is 2. The van der Waals surface area contributed by atoms with E-state index in [4.69, 9.17) is 9.47 Å². The van der Waals surface area contributed by atoms with Gasteiger partial charge in [0.15, 0.2) is 11.5 Å². The number of carbonyl (C=O) groups is 1. The molecule has 0 unspecified atom stereocenters. The van der Waals surface area contributed by atoms with Gasteiger partial charge in [-0.05, 0) is 87.3 Å². The Labute approximate surface area is 160 Å². The minimum Gasteiger partial charge on any atom is -0.454 e.